The van der Waals surface area contributed by atoms with Crippen LogP contribution in [0.5, 0.6) is 0 Å². The summed E-state index contributed by atoms with van der Waals surface area (Å²) in [6.45, 7) is 5.83. The number of carbonyl (C=O) groups excluding carboxylic acids is 1. The Labute approximate surface area is 154 Å². The molecule has 1 aromatic heterocycles. The summed E-state index contributed by atoms with van der Waals surface area (Å²) < 4.78 is 24.9. The van der Waals surface area contributed by atoms with E-state index < -0.39 is 10.0 Å². The lowest BCUT2D eigenvalue weighted by atomic mass is 9.99. The van der Waals surface area contributed by atoms with Gasteiger partial charge in [0.25, 0.3) is 0 Å². The number of hydrogen-bond acceptors (Lipinski definition) is 4. The Hall–Kier alpha value is -1.99. The average molecular weight is 375 g/mol. The van der Waals surface area contributed by atoms with Crippen LogP contribution in [0.15, 0.2) is 24.3 Å². The van der Waals surface area contributed by atoms with Crippen molar-refractivity contribution in [1.82, 2.24) is 14.2 Å². The maximum Gasteiger partial charge on any atom is 0.227 e. The van der Waals surface area contributed by atoms with Crippen LogP contribution >= 0.6 is 0 Å². The highest BCUT2D eigenvalue weighted by atomic mass is 32.2. The van der Waals surface area contributed by atoms with Gasteiger partial charge in [0, 0.05) is 37.3 Å². The third-order valence-electron chi connectivity index (χ3n) is 5.09. The van der Waals surface area contributed by atoms with E-state index in [1.54, 1.807) is 4.90 Å². The number of fused-ring (bicyclic) bond motifs is 1. The number of sulfonamides is 1. The van der Waals surface area contributed by atoms with Gasteiger partial charge in [-0.2, -0.15) is 0 Å². The molecular formula is C19H25N3O3S. The lowest BCUT2D eigenvalue weighted by molar-refractivity contribution is -0.130. The average Bonchev–Trinajstić information content (AvgIpc) is 2.84. The van der Waals surface area contributed by atoms with Gasteiger partial charge in [0.1, 0.15) is 0 Å². The second-order valence-electron chi connectivity index (χ2n) is 6.89. The van der Waals surface area contributed by atoms with Crippen LogP contribution in [0.1, 0.15) is 23.2 Å². The molecule has 0 atom stereocenters. The van der Waals surface area contributed by atoms with Gasteiger partial charge in [-0.15, -0.1) is 0 Å². The number of nitrogens with zero attached hydrogens (tertiary/aromatic N) is 3. The highest BCUT2D eigenvalue weighted by Crippen LogP contribution is 2.23. The predicted octanol–water partition coefficient (Wildman–Crippen LogP) is 1.89. The second kappa shape index (κ2) is 7.32. The Balaban J connectivity index is 1.79. The monoisotopic (exact) mass is 375 g/mol. The largest absolute Gasteiger partial charge is 0.341 e. The molecule has 1 fully saturated rings. The van der Waals surface area contributed by atoms with Crippen LogP contribution in [0.2, 0.25) is 0 Å². The minimum absolute atomic E-state index is 0.0311. The number of hydrogen-bond donors (Lipinski definition) is 0. The van der Waals surface area contributed by atoms with Crippen molar-refractivity contribution in [2.75, 3.05) is 32.4 Å². The summed E-state index contributed by atoms with van der Waals surface area (Å²) in [6, 6.07) is 7.95. The van der Waals surface area contributed by atoms with Gasteiger partial charge in [-0.3, -0.25) is 9.78 Å². The van der Waals surface area contributed by atoms with E-state index in [1.807, 2.05) is 38.1 Å². The minimum atomic E-state index is -3.21. The standard InChI is InChI=1S/C19H25N3O3S/c1-14-16-7-4-5-8-18(16)20-15(2)17(14)13-19(23)21-9-6-10-22(12-11-21)26(3,24)25/h4-5,7-8H,6,9-13H2,1-3H3. The third kappa shape index (κ3) is 3.88. The summed E-state index contributed by atoms with van der Waals surface area (Å²) in [5, 5.41) is 1.07. The highest BCUT2D eigenvalue weighted by Gasteiger charge is 2.24. The topological polar surface area (TPSA) is 70.6 Å². The molecule has 1 amide bonds. The maximum absolute atomic E-state index is 12.8. The Morgan fingerprint density at radius 3 is 2.58 bits per heavy atom. The smallest absolute Gasteiger partial charge is 0.227 e. The molecule has 0 aliphatic carbocycles. The molecule has 26 heavy (non-hydrogen) atoms. The first kappa shape index (κ1) is 18.8. The van der Waals surface area contributed by atoms with E-state index in [1.165, 1.54) is 10.6 Å². The van der Waals surface area contributed by atoms with Gasteiger partial charge in [-0.1, -0.05) is 18.2 Å². The summed E-state index contributed by atoms with van der Waals surface area (Å²) >= 11 is 0. The molecule has 0 radical (unpaired) electrons. The van der Waals surface area contributed by atoms with Gasteiger partial charge in [-0.25, -0.2) is 12.7 Å². The summed E-state index contributed by atoms with van der Waals surface area (Å²) in [5.74, 6) is 0.0311. The molecule has 1 saturated heterocycles. The molecule has 140 valence electrons. The Kier molecular flexibility index (Phi) is 5.29. The summed E-state index contributed by atoms with van der Waals surface area (Å²) in [4.78, 5) is 19.3. The fourth-order valence-electron chi connectivity index (χ4n) is 3.57. The molecule has 7 heteroatoms. The van der Waals surface area contributed by atoms with Crippen molar-refractivity contribution in [3.63, 3.8) is 0 Å². The molecule has 0 saturated carbocycles. The fraction of sp³-hybridized carbons (Fsp3) is 0.474. The quantitative estimate of drug-likeness (QED) is 0.821. The number of para-hydroxylation sites is 1. The van der Waals surface area contributed by atoms with Crippen LogP contribution in [0.25, 0.3) is 10.9 Å². The van der Waals surface area contributed by atoms with E-state index >= 15 is 0 Å². The van der Waals surface area contributed by atoms with Crippen LogP contribution < -0.4 is 0 Å². The number of aromatic nitrogens is 1. The third-order valence-corrected chi connectivity index (χ3v) is 6.39. The Bertz CT molecular complexity index is 940. The number of benzene rings is 1. The molecule has 0 unspecified atom stereocenters. The second-order valence-corrected chi connectivity index (χ2v) is 8.87. The van der Waals surface area contributed by atoms with Gasteiger partial charge in [-0.05, 0) is 37.5 Å². The van der Waals surface area contributed by atoms with Gasteiger partial charge in [0.2, 0.25) is 15.9 Å². The first-order valence-corrected chi connectivity index (χ1v) is 10.7. The van der Waals surface area contributed by atoms with Crippen molar-refractivity contribution < 1.29 is 13.2 Å². The van der Waals surface area contributed by atoms with Gasteiger partial charge in [0.15, 0.2) is 0 Å². The SMILES string of the molecule is Cc1nc2ccccc2c(C)c1CC(=O)N1CCCN(S(C)(=O)=O)CC1. The van der Waals surface area contributed by atoms with E-state index in [4.69, 9.17) is 0 Å². The number of carbonyl (C=O) groups is 1. The molecule has 3 rings (SSSR count). The molecule has 0 bridgehead atoms. The van der Waals surface area contributed by atoms with E-state index in [2.05, 4.69) is 4.98 Å². The molecule has 2 aromatic rings. The van der Waals surface area contributed by atoms with Crippen LogP contribution in [0, 0.1) is 13.8 Å². The number of aryl methyl sites for hydroxylation is 2. The zero-order valence-electron chi connectivity index (χ0n) is 15.5. The van der Waals surface area contributed by atoms with Crippen LogP contribution in [0.4, 0.5) is 0 Å². The van der Waals surface area contributed by atoms with Gasteiger partial charge < -0.3 is 4.90 Å². The van der Waals surface area contributed by atoms with E-state index in [0.717, 1.165) is 27.7 Å². The molecular weight excluding hydrogens is 350 g/mol. The zero-order valence-corrected chi connectivity index (χ0v) is 16.3. The van der Waals surface area contributed by atoms with Crippen molar-refractivity contribution in [3.8, 4) is 0 Å². The normalized spacial score (nSPS) is 16.7. The summed E-state index contributed by atoms with van der Waals surface area (Å²) in [6.07, 6.45) is 2.18. The molecule has 0 N–H and O–H groups in total. The summed E-state index contributed by atoms with van der Waals surface area (Å²) in [5.41, 5.74) is 3.88. The Morgan fingerprint density at radius 1 is 1.12 bits per heavy atom. The van der Waals surface area contributed by atoms with E-state index in [-0.39, 0.29) is 5.91 Å². The maximum atomic E-state index is 12.8. The van der Waals surface area contributed by atoms with Crippen molar-refractivity contribution in [3.05, 3.63) is 41.1 Å². The molecule has 0 spiro atoms. The van der Waals surface area contributed by atoms with E-state index in [9.17, 15) is 13.2 Å². The molecule has 1 aliphatic rings. The van der Waals surface area contributed by atoms with Crippen molar-refractivity contribution in [2.24, 2.45) is 0 Å². The summed E-state index contributed by atoms with van der Waals surface area (Å²) in [7, 11) is -3.21. The van der Waals surface area contributed by atoms with Crippen LogP contribution in [-0.2, 0) is 21.2 Å². The molecule has 6 nitrogen and oxygen atoms in total. The number of rotatable bonds is 3. The van der Waals surface area contributed by atoms with Crippen molar-refractivity contribution >= 4 is 26.8 Å². The molecule has 1 aliphatic heterocycles. The van der Waals surface area contributed by atoms with Gasteiger partial charge >= 0.3 is 0 Å². The van der Waals surface area contributed by atoms with Crippen molar-refractivity contribution in [1.29, 1.82) is 0 Å². The fourth-order valence-corrected chi connectivity index (χ4v) is 4.44. The Morgan fingerprint density at radius 2 is 1.85 bits per heavy atom. The molecule has 1 aromatic carbocycles. The van der Waals surface area contributed by atoms with Crippen LogP contribution in [0.3, 0.4) is 0 Å². The minimum Gasteiger partial charge on any atom is -0.341 e. The van der Waals surface area contributed by atoms with Gasteiger partial charge in [0.05, 0.1) is 18.2 Å². The predicted molar refractivity (Wildman–Crippen MR) is 103 cm³/mol. The van der Waals surface area contributed by atoms with E-state index in [0.29, 0.717) is 39.0 Å². The van der Waals surface area contributed by atoms with Crippen molar-refractivity contribution in [2.45, 2.75) is 26.7 Å². The molecule has 2 heterocycles. The van der Waals surface area contributed by atoms with Crippen LogP contribution in [-0.4, -0.2) is 60.9 Å². The lowest BCUT2D eigenvalue weighted by Crippen LogP contribution is -2.37. The first-order chi connectivity index (χ1) is 12.3. The highest BCUT2D eigenvalue weighted by molar-refractivity contribution is 7.88. The zero-order chi connectivity index (χ0) is 18.9. The number of amides is 1. The first-order valence-electron chi connectivity index (χ1n) is 8.85. The lowest BCUT2D eigenvalue weighted by Gasteiger charge is -2.22. The number of pyridine rings is 1.